The van der Waals surface area contributed by atoms with Crippen molar-refractivity contribution in [1.82, 2.24) is 10.3 Å². The van der Waals surface area contributed by atoms with E-state index in [-0.39, 0.29) is 5.75 Å². The number of hydrogen-bond acceptors (Lipinski definition) is 5. The predicted octanol–water partition coefficient (Wildman–Crippen LogP) is 1.23. The van der Waals surface area contributed by atoms with Crippen molar-refractivity contribution >= 4 is 28.6 Å². The summed E-state index contributed by atoms with van der Waals surface area (Å²) in [6.07, 6.45) is -3.86. The zero-order chi connectivity index (χ0) is 16.8. The van der Waals surface area contributed by atoms with Crippen LogP contribution in [0, 0.1) is 0 Å². The third-order valence-corrected chi connectivity index (χ3v) is 3.37. The van der Waals surface area contributed by atoms with E-state index in [0.29, 0.717) is 16.8 Å². The van der Waals surface area contributed by atoms with Gasteiger partial charge in [-0.3, -0.25) is 9.59 Å². The molecule has 1 aromatic carbocycles. The van der Waals surface area contributed by atoms with E-state index in [1.807, 2.05) is 0 Å². The van der Waals surface area contributed by atoms with Gasteiger partial charge in [0, 0.05) is 13.1 Å². The van der Waals surface area contributed by atoms with Crippen molar-refractivity contribution in [3.63, 3.8) is 0 Å². The molecule has 0 radical (unpaired) electrons. The molecule has 0 aliphatic carbocycles. The second-order valence-electron chi connectivity index (χ2n) is 4.87. The first kappa shape index (κ1) is 15.1. The number of nitrogens with one attached hydrogen (secondary N) is 1. The van der Waals surface area contributed by atoms with Crippen molar-refractivity contribution in [1.29, 1.82) is 0 Å². The van der Waals surface area contributed by atoms with Crippen LogP contribution in [0.25, 0.3) is 11.1 Å². The molecule has 2 amide bonds. The van der Waals surface area contributed by atoms with E-state index < -0.39 is 30.6 Å². The van der Waals surface area contributed by atoms with Crippen molar-refractivity contribution in [2.45, 2.75) is 12.2 Å². The third kappa shape index (κ3) is 2.67. The Bertz CT molecular complexity index is 786. The van der Waals surface area contributed by atoms with E-state index in [4.69, 9.17) is 9.15 Å². The molecule has 1 aliphatic rings. The Balaban J connectivity index is 1.91. The molecule has 0 saturated heterocycles. The van der Waals surface area contributed by atoms with Crippen molar-refractivity contribution in [3.05, 3.63) is 18.5 Å². The topological polar surface area (TPSA) is 84.7 Å². The first-order chi connectivity index (χ1) is 10.8. The molecule has 1 aromatic heterocycles. The number of halogens is 3. The van der Waals surface area contributed by atoms with Crippen LogP contribution in [0.3, 0.4) is 0 Å². The summed E-state index contributed by atoms with van der Waals surface area (Å²) < 4.78 is 47.5. The summed E-state index contributed by atoms with van der Waals surface area (Å²) >= 11 is 0. The van der Waals surface area contributed by atoms with Gasteiger partial charge in [-0.05, 0) is 6.07 Å². The number of likely N-dealkylation sites (N-methyl/N-ethyl adjacent to an activating group) is 1. The zero-order valence-corrected chi connectivity index (χ0v) is 11.7. The van der Waals surface area contributed by atoms with Gasteiger partial charge >= 0.3 is 12.1 Å². The molecule has 10 heteroatoms. The van der Waals surface area contributed by atoms with Crippen LogP contribution in [-0.4, -0.2) is 42.7 Å². The average Bonchev–Trinajstić information content (AvgIpc) is 2.90. The standard InChI is InChI=1S/C13H10F3N3O4/c1-19-8-2-6-9(23-5-17-6)3-10(8)22-4-7(11(19)20)18-12(21)13(14,15)16/h2-3,5,7H,4H2,1H3,(H,18,21). The lowest BCUT2D eigenvalue weighted by atomic mass is 10.2. The SMILES string of the molecule is CN1C(=O)C(NC(=O)C(F)(F)F)COc2cc3ocnc3cc21. The molecule has 2 aromatic rings. The molecule has 23 heavy (non-hydrogen) atoms. The molecule has 2 heterocycles. The molecule has 0 spiro atoms. The van der Waals surface area contributed by atoms with E-state index in [9.17, 15) is 22.8 Å². The summed E-state index contributed by atoms with van der Waals surface area (Å²) in [6, 6.07) is 1.54. The van der Waals surface area contributed by atoms with Gasteiger partial charge in [0.05, 0.1) is 5.69 Å². The number of amides is 2. The van der Waals surface area contributed by atoms with Gasteiger partial charge < -0.3 is 19.4 Å². The summed E-state index contributed by atoms with van der Waals surface area (Å²) in [5.41, 5.74) is 1.19. The molecular formula is C13H10F3N3O4. The first-order valence-electron chi connectivity index (χ1n) is 6.42. The smallest absolute Gasteiger partial charge is 0.471 e. The number of rotatable bonds is 1. The quantitative estimate of drug-likeness (QED) is 0.851. The minimum Gasteiger partial charge on any atom is -0.489 e. The number of carbonyl (C=O) groups is 2. The second-order valence-corrected chi connectivity index (χ2v) is 4.87. The van der Waals surface area contributed by atoms with Gasteiger partial charge in [0.15, 0.2) is 12.0 Å². The van der Waals surface area contributed by atoms with Gasteiger partial charge in [0.1, 0.15) is 23.9 Å². The number of anilines is 1. The van der Waals surface area contributed by atoms with Crippen LogP contribution >= 0.6 is 0 Å². The number of aromatic nitrogens is 1. The fraction of sp³-hybridized carbons (Fsp3) is 0.308. The van der Waals surface area contributed by atoms with Crippen LogP contribution < -0.4 is 15.0 Å². The Morgan fingerprint density at radius 3 is 2.87 bits per heavy atom. The fourth-order valence-electron chi connectivity index (χ4n) is 2.19. The van der Waals surface area contributed by atoms with Crippen LogP contribution in [0.2, 0.25) is 0 Å². The minimum absolute atomic E-state index is 0.244. The average molecular weight is 329 g/mol. The van der Waals surface area contributed by atoms with Gasteiger partial charge in [-0.2, -0.15) is 13.2 Å². The van der Waals surface area contributed by atoms with E-state index in [1.54, 1.807) is 5.32 Å². The van der Waals surface area contributed by atoms with Crippen molar-refractivity contribution in [2.24, 2.45) is 0 Å². The van der Waals surface area contributed by atoms with Crippen LogP contribution in [0.1, 0.15) is 0 Å². The Morgan fingerprint density at radius 1 is 1.43 bits per heavy atom. The molecule has 0 bridgehead atoms. The molecule has 1 aliphatic heterocycles. The predicted molar refractivity (Wildman–Crippen MR) is 70.9 cm³/mol. The molecule has 1 N–H and O–H groups in total. The largest absolute Gasteiger partial charge is 0.489 e. The Morgan fingerprint density at radius 2 is 2.17 bits per heavy atom. The molecule has 7 nitrogen and oxygen atoms in total. The van der Waals surface area contributed by atoms with Gasteiger partial charge in [0.2, 0.25) is 0 Å². The van der Waals surface area contributed by atoms with Crippen LogP contribution in [0.5, 0.6) is 5.75 Å². The Hall–Kier alpha value is -2.78. The summed E-state index contributed by atoms with van der Waals surface area (Å²) in [5, 5.41) is 1.63. The van der Waals surface area contributed by atoms with Gasteiger partial charge in [-0.1, -0.05) is 0 Å². The normalized spacial score (nSPS) is 18.3. The van der Waals surface area contributed by atoms with E-state index in [0.717, 1.165) is 4.90 Å². The highest BCUT2D eigenvalue weighted by molar-refractivity contribution is 6.02. The maximum absolute atomic E-state index is 12.3. The number of alkyl halides is 3. The number of carbonyl (C=O) groups excluding carboxylic acids is 2. The number of benzene rings is 1. The number of hydrogen-bond donors (Lipinski definition) is 1. The number of fused-ring (bicyclic) bond motifs is 2. The van der Waals surface area contributed by atoms with Crippen molar-refractivity contribution in [2.75, 3.05) is 18.6 Å². The molecule has 0 fully saturated rings. The Kier molecular flexibility index (Phi) is 3.38. The molecule has 0 saturated carbocycles. The monoisotopic (exact) mass is 329 g/mol. The van der Waals surface area contributed by atoms with E-state index in [1.165, 1.54) is 25.6 Å². The lowest BCUT2D eigenvalue weighted by Gasteiger charge is -2.20. The second kappa shape index (κ2) is 5.14. The summed E-state index contributed by atoms with van der Waals surface area (Å²) in [7, 11) is 1.37. The number of ether oxygens (including phenoxy) is 1. The first-order valence-corrected chi connectivity index (χ1v) is 6.42. The highest BCUT2D eigenvalue weighted by Crippen LogP contribution is 2.34. The number of nitrogens with zero attached hydrogens (tertiary/aromatic N) is 2. The van der Waals surface area contributed by atoms with Gasteiger partial charge in [-0.15, -0.1) is 0 Å². The lowest BCUT2D eigenvalue weighted by molar-refractivity contribution is -0.174. The molecule has 122 valence electrons. The maximum atomic E-state index is 12.3. The molecular weight excluding hydrogens is 319 g/mol. The van der Waals surface area contributed by atoms with E-state index >= 15 is 0 Å². The van der Waals surface area contributed by atoms with Crippen LogP contribution in [-0.2, 0) is 9.59 Å². The fourth-order valence-corrected chi connectivity index (χ4v) is 2.19. The van der Waals surface area contributed by atoms with E-state index in [2.05, 4.69) is 4.98 Å². The molecule has 3 rings (SSSR count). The summed E-state index contributed by atoms with van der Waals surface area (Å²) in [4.78, 5) is 28.3. The van der Waals surface area contributed by atoms with Gasteiger partial charge in [0.25, 0.3) is 5.91 Å². The summed E-state index contributed by atoms with van der Waals surface area (Å²) in [5.74, 6) is -2.69. The highest BCUT2D eigenvalue weighted by atomic mass is 19.4. The van der Waals surface area contributed by atoms with Crippen LogP contribution in [0.15, 0.2) is 22.9 Å². The number of oxazole rings is 1. The Labute approximate surface area is 127 Å². The lowest BCUT2D eigenvalue weighted by Crippen LogP contribution is -2.52. The van der Waals surface area contributed by atoms with Crippen molar-refractivity contribution < 1.29 is 31.9 Å². The molecule has 1 unspecified atom stereocenters. The maximum Gasteiger partial charge on any atom is 0.471 e. The zero-order valence-electron chi connectivity index (χ0n) is 11.7. The highest BCUT2D eigenvalue weighted by Gasteiger charge is 2.42. The molecule has 1 atom stereocenters. The summed E-state index contributed by atoms with van der Waals surface area (Å²) in [6.45, 7) is -0.433. The van der Waals surface area contributed by atoms with Crippen molar-refractivity contribution in [3.8, 4) is 5.75 Å². The van der Waals surface area contributed by atoms with Gasteiger partial charge in [-0.25, -0.2) is 4.98 Å². The minimum atomic E-state index is -5.08. The van der Waals surface area contributed by atoms with Crippen LogP contribution in [0.4, 0.5) is 18.9 Å². The third-order valence-electron chi connectivity index (χ3n) is 3.37.